The zero-order valence-corrected chi connectivity index (χ0v) is 21.4. The molecule has 1 aromatic carbocycles. The molecule has 0 bridgehead atoms. The molecule has 0 spiro atoms. The minimum Gasteiger partial charge on any atom is -0.552 e. The third-order valence-electron chi connectivity index (χ3n) is 5.04. The Labute approximate surface area is 173 Å². The molecule has 0 aliphatic rings. The average molecular weight is 408 g/mol. The number of rotatable bonds is 5. The molecule has 0 aliphatic carbocycles. The van der Waals surface area contributed by atoms with Gasteiger partial charge in [-0.1, -0.05) is 34.6 Å². The van der Waals surface area contributed by atoms with Crippen LogP contribution in [0.15, 0.2) is 6.07 Å². The van der Waals surface area contributed by atoms with Gasteiger partial charge < -0.3 is 9.53 Å². The molecule has 0 heterocycles. The van der Waals surface area contributed by atoms with Gasteiger partial charge in [-0.3, -0.25) is 9.69 Å². The second-order valence-electron chi connectivity index (χ2n) is 9.90. The SMILES string of the molecule is Cc1cc(C(=O)[C@H](C(C)C)N(C(=O)O)C(C)(C)C)c(O[SiH3])c(C)c1C(C)(C)C. The summed E-state index contributed by atoms with van der Waals surface area (Å²) in [6, 6.07) is 1.09. The highest BCUT2D eigenvalue weighted by atomic mass is 28.2. The number of carboxylic acid groups (broad SMARTS) is 1. The fraction of sp³-hybridized carbons (Fsp3) is 0.636. The summed E-state index contributed by atoms with van der Waals surface area (Å²) < 4.78 is 5.80. The Balaban J connectivity index is 3.73. The van der Waals surface area contributed by atoms with Gasteiger partial charge in [-0.2, -0.15) is 0 Å². The van der Waals surface area contributed by atoms with Crippen LogP contribution in [0.1, 0.15) is 82.4 Å². The maximum Gasteiger partial charge on any atom is 0.408 e. The molecule has 1 atom stereocenters. The summed E-state index contributed by atoms with van der Waals surface area (Å²) >= 11 is 0. The van der Waals surface area contributed by atoms with Crippen molar-refractivity contribution in [2.75, 3.05) is 0 Å². The highest BCUT2D eigenvalue weighted by Crippen LogP contribution is 2.38. The van der Waals surface area contributed by atoms with Crippen LogP contribution in [0, 0.1) is 19.8 Å². The molecule has 0 aromatic heterocycles. The van der Waals surface area contributed by atoms with Crippen LogP contribution < -0.4 is 4.43 Å². The third-order valence-corrected chi connectivity index (χ3v) is 5.45. The number of ketones is 1. The monoisotopic (exact) mass is 407 g/mol. The van der Waals surface area contributed by atoms with Crippen LogP contribution in [0.4, 0.5) is 4.79 Å². The van der Waals surface area contributed by atoms with Crippen molar-refractivity contribution < 1.29 is 19.1 Å². The molecule has 1 rings (SSSR count). The smallest absolute Gasteiger partial charge is 0.408 e. The first-order valence-corrected chi connectivity index (χ1v) is 10.6. The topological polar surface area (TPSA) is 66.8 Å². The molecule has 1 N–H and O–H groups in total. The van der Waals surface area contributed by atoms with Gasteiger partial charge in [0.25, 0.3) is 0 Å². The highest BCUT2D eigenvalue weighted by Gasteiger charge is 2.41. The number of amides is 1. The zero-order valence-electron chi connectivity index (χ0n) is 19.4. The van der Waals surface area contributed by atoms with Crippen molar-refractivity contribution in [3.63, 3.8) is 0 Å². The first-order chi connectivity index (χ1) is 12.6. The van der Waals surface area contributed by atoms with Crippen LogP contribution in [0.5, 0.6) is 5.75 Å². The summed E-state index contributed by atoms with van der Waals surface area (Å²) in [5.74, 6) is 0.217. The largest absolute Gasteiger partial charge is 0.552 e. The second kappa shape index (κ2) is 8.27. The number of aryl methyl sites for hydroxylation is 1. The summed E-state index contributed by atoms with van der Waals surface area (Å²) in [6.07, 6.45) is -1.09. The van der Waals surface area contributed by atoms with E-state index in [-0.39, 0.29) is 17.1 Å². The Kier molecular flexibility index (Phi) is 7.15. The highest BCUT2D eigenvalue weighted by molar-refractivity contribution is 6.07. The quantitative estimate of drug-likeness (QED) is 0.585. The van der Waals surface area contributed by atoms with E-state index in [1.807, 2.05) is 54.5 Å². The predicted molar refractivity (Wildman–Crippen MR) is 118 cm³/mol. The molecule has 0 saturated carbocycles. The Bertz CT molecular complexity index is 757. The van der Waals surface area contributed by atoms with Crippen molar-refractivity contribution >= 4 is 22.4 Å². The normalized spacial score (nSPS) is 13.5. The van der Waals surface area contributed by atoms with E-state index in [1.165, 1.54) is 10.5 Å². The van der Waals surface area contributed by atoms with Crippen LogP contribution >= 0.6 is 0 Å². The molecular formula is C22H37NO4Si. The van der Waals surface area contributed by atoms with Crippen LogP contribution in [0.25, 0.3) is 0 Å². The Morgan fingerprint density at radius 1 is 1.11 bits per heavy atom. The lowest BCUT2D eigenvalue weighted by Gasteiger charge is -2.41. The molecule has 1 aromatic rings. The van der Waals surface area contributed by atoms with Gasteiger partial charge in [-0.25, -0.2) is 4.79 Å². The molecule has 6 heteroatoms. The van der Waals surface area contributed by atoms with Crippen molar-refractivity contribution in [1.82, 2.24) is 4.90 Å². The number of benzene rings is 1. The molecular weight excluding hydrogens is 370 g/mol. The average Bonchev–Trinajstić information content (AvgIpc) is 2.47. The Morgan fingerprint density at radius 2 is 1.61 bits per heavy atom. The van der Waals surface area contributed by atoms with Gasteiger partial charge in [0.1, 0.15) is 11.8 Å². The lowest BCUT2D eigenvalue weighted by atomic mass is 9.79. The molecule has 0 fully saturated rings. The number of Topliss-reactive ketones (excluding diaryl/α,β-unsaturated/α-hetero) is 1. The standard InChI is InChI=1S/C22H37NO4Si/c1-12(2)17(23(20(25)26)22(8,9)10)18(24)15-11-13(3)16(21(5,6)7)14(4)19(15)27-28/h11-12,17H,1-10,28H3,(H,25,26)/t17-/m0/s1. The van der Waals surface area contributed by atoms with E-state index in [4.69, 9.17) is 4.43 Å². The molecule has 158 valence electrons. The molecule has 1 amide bonds. The van der Waals surface area contributed by atoms with E-state index in [0.29, 0.717) is 21.8 Å². The van der Waals surface area contributed by atoms with Gasteiger partial charge in [0.05, 0.1) is 5.56 Å². The lowest BCUT2D eigenvalue weighted by Crippen LogP contribution is -2.56. The first-order valence-electron chi connectivity index (χ1n) is 9.80. The van der Waals surface area contributed by atoms with Crippen LogP contribution in [-0.2, 0) is 5.41 Å². The van der Waals surface area contributed by atoms with Gasteiger partial charge in [0.2, 0.25) is 10.5 Å². The summed E-state index contributed by atoms with van der Waals surface area (Å²) in [5, 5.41) is 9.86. The predicted octanol–water partition coefficient (Wildman–Crippen LogP) is 4.25. The van der Waals surface area contributed by atoms with Gasteiger partial charge >= 0.3 is 6.09 Å². The van der Waals surface area contributed by atoms with Gasteiger partial charge in [-0.15, -0.1) is 0 Å². The van der Waals surface area contributed by atoms with Gasteiger partial charge in [0, 0.05) is 5.54 Å². The first kappa shape index (κ1) is 24.2. The Morgan fingerprint density at radius 3 is 1.93 bits per heavy atom. The third kappa shape index (κ3) is 4.77. The molecule has 28 heavy (non-hydrogen) atoms. The van der Waals surface area contributed by atoms with E-state index >= 15 is 0 Å². The lowest BCUT2D eigenvalue weighted by molar-refractivity contribution is 0.0442. The minimum atomic E-state index is -1.09. The molecule has 0 saturated heterocycles. The minimum absolute atomic E-state index is 0.0828. The van der Waals surface area contributed by atoms with E-state index in [2.05, 4.69) is 20.8 Å². The number of carbonyl (C=O) groups is 2. The molecule has 5 nitrogen and oxygen atoms in total. The van der Waals surface area contributed by atoms with Crippen LogP contribution in [0.3, 0.4) is 0 Å². The van der Waals surface area contributed by atoms with Crippen LogP contribution in [-0.4, -0.2) is 43.9 Å². The van der Waals surface area contributed by atoms with E-state index in [9.17, 15) is 14.7 Å². The number of hydrogen-bond acceptors (Lipinski definition) is 3. The fourth-order valence-corrected chi connectivity index (χ4v) is 4.79. The second-order valence-corrected chi connectivity index (χ2v) is 10.3. The van der Waals surface area contributed by atoms with Gasteiger partial charge in [0.15, 0.2) is 5.78 Å². The van der Waals surface area contributed by atoms with Crippen molar-refractivity contribution in [1.29, 1.82) is 0 Å². The summed E-state index contributed by atoms with van der Waals surface area (Å²) in [6.45, 7) is 19.6. The molecule has 0 unspecified atom stereocenters. The van der Waals surface area contributed by atoms with E-state index in [1.54, 1.807) is 0 Å². The summed E-state index contributed by atoms with van der Waals surface area (Å²) in [5.41, 5.74) is 2.85. The number of hydrogen-bond donors (Lipinski definition) is 1. The maximum absolute atomic E-state index is 13.7. The van der Waals surface area contributed by atoms with Gasteiger partial charge in [-0.05, 0) is 68.7 Å². The summed E-state index contributed by atoms with van der Waals surface area (Å²) in [7, 11) is 0.446. The van der Waals surface area contributed by atoms with Crippen molar-refractivity contribution in [3.05, 3.63) is 28.3 Å². The Hall–Kier alpha value is -1.82. The summed E-state index contributed by atoms with van der Waals surface area (Å²) in [4.78, 5) is 27.0. The maximum atomic E-state index is 13.7. The fourth-order valence-electron chi connectivity index (χ4n) is 4.27. The molecule has 0 aliphatic heterocycles. The zero-order chi connectivity index (χ0) is 22.2. The van der Waals surface area contributed by atoms with Crippen molar-refractivity contribution in [3.8, 4) is 5.75 Å². The molecule has 0 radical (unpaired) electrons. The number of carbonyl (C=O) groups excluding carboxylic acids is 1. The van der Waals surface area contributed by atoms with E-state index in [0.717, 1.165) is 11.1 Å². The van der Waals surface area contributed by atoms with Crippen molar-refractivity contribution in [2.45, 2.75) is 86.2 Å². The van der Waals surface area contributed by atoms with Crippen LogP contribution in [0.2, 0.25) is 0 Å². The number of nitrogens with zero attached hydrogens (tertiary/aromatic N) is 1. The van der Waals surface area contributed by atoms with Crippen molar-refractivity contribution in [2.24, 2.45) is 5.92 Å². The van der Waals surface area contributed by atoms with E-state index < -0.39 is 17.7 Å².